The number of carbonyl (C=O) groups is 1. The minimum absolute atomic E-state index is 0.0368. The maximum Gasteiger partial charge on any atom is 0.250 e. The highest BCUT2D eigenvalue weighted by Crippen LogP contribution is 2.27. The van der Waals surface area contributed by atoms with E-state index < -0.39 is 0 Å². The molecule has 0 unspecified atom stereocenters. The van der Waals surface area contributed by atoms with Gasteiger partial charge in [-0.15, -0.1) is 0 Å². The van der Waals surface area contributed by atoms with Gasteiger partial charge in [0.15, 0.2) is 16.7 Å². The Balaban J connectivity index is 1.44. The van der Waals surface area contributed by atoms with Crippen LogP contribution in [-0.4, -0.2) is 39.6 Å². The van der Waals surface area contributed by atoms with E-state index in [9.17, 15) is 9.90 Å². The van der Waals surface area contributed by atoms with Crippen LogP contribution in [0.15, 0.2) is 77.0 Å². The average Bonchev–Trinajstić information content (AvgIpc) is 3.17. The molecule has 0 aliphatic carbocycles. The van der Waals surface area contributed by atoms with Gasteiger partial charge in [-0.2, -0.15) is 5.10 Å². The fourth-order valence-electron chi connectivity index (χ4n) is 3.23. The van der Waals surface area contributed by atoms with Gasteiger partial charge in [0.05, 0.1) is 36.7 Å². The summed E-state index contributed by atoms with van der Waals surface area (Å²) in [6.07, 6.45) is 1.48. The van der Waals surface area contributed by atoms with Crippen LogP contribution in [0.2, 0.25) is 5.02 Å². The highest BCUT2D eigenvalue weighted by Gasteiger charge is 2.14. The van der Waals surface area contributed by atoms with E-state index >= 15 is 0 Å². The number of carbonyl (C=O) groups excluding carboxylic acids is 1. The summed E-state index contributed by atoms with van der Waals surface area (Å²) in [7, 11) is 1.47. The van der Waals surface area contributed by atoms with Gasteiger partial charge in [-0.3, -0.25) is 4.79 Å². The number of phenols is 1. The molecular weight excluding hydrogens is 460 g/mol. The Bertz CT molecular complexity index is 1320. The third kappa shape index (κ3) is 5.47. The molecule has 0 saturated carbocycles. The minimum atomic E-state index is -0.265. The highest BCUT2D eigenvalue weighted by atomic mass is 35.5. The molecule has 1 heterocycles. The van der Waals surface area contributed by atoms with E-state index in [1.54, 1.807) is 12.1 Å². The quantitative estimate of drug-likeness (QED) is 0.217. The Kier molecular flexibility index (Phi) is 7.16. The zero-order valence-corrected chi connectivity index (χ0v) is 19.3. The van der Waals surface area contributed by atoms with Crippen LogP contribution in [0.4, 0.5) is 0 Å². The maximum atomic E-state index is 12.4. The molecule has 4 rings (SSSR count). The van der Waals surface area contributed by atoms with E-state index in [0.717, 1.165) is 21.8 Å². The molecule has 0 radical (unpaired) electrons. The number of amides is 1. The summed E-state index contributed by atoms with van der Waals surface area (Å²) in [5.41, 5.74) is 5.99. The third-order valence-electron chi connectivity index (χ3n) is 4.84. The number of fused-ring (bicyclic) bond motifs is 1. The molecule has 0 fully saturated rings. The van der Waals surface area contributed by atoms with Crippen molar-refractivity contribution in [3.05, 3.63) is 82.9 Å². The Morgan fingerprint density at radius 2 is 2.00 bits per heavy atom. The number of hydrazone groups is 1. The van der Waals surface area contributed by atoms with Gasteiger partial charge < -0.3 is 14.4 Å². The lowest BCUT2D eigenvalue weighted by atomic mass is 10.2. The summed E-state index contributed by atoms with van der Waals surface area (Å²) in [4.78, 5) is 17.0. The SMILES string of the molecule is COc1cc(C=NNC(=O)CSc2nc3ccccc3n2Cc2ccccc2Cl)ccc1O. The summed E-state index contributed by atoms with van der Waals surface area (Å²) in [6, 6.07) is 20.3. The topological polar surface area (TPSA) is 88.7 Å². The van der Waals surface area contributed by atoms with Gasteiger partial charge in [0, 0.05) is 5.02 Å². The lowest BCUT2D eigenvalue weighted by Gasteiger charge is -2.10. The normalized spacial score (nSPS) is 11.2. The summed E-state index contributed by atoms with van der Waals surface area (Å²) in [6.45, 7) is 0.547. The second-order valence-electron chi connectivity index (χ2n) is 7.07. The molecule has 33 heavy (non-hydrogen) atoms. The average molecular weight is 481 g/mol. The predicted molar refractivity (Wildman–Crippen MR) is 131 cm³/mol. The molecule has 3 aromatic carbocycles. The van der Waals surface area contributed by atoms with Gasteiger partial charge in [-0.1, -0.05) is 53.7 Å². The molecule has 7 nitrogen and oxygen atoms in total. The Labute approximate surface area is 200 Å². The number of nitrogens with one attached hydrogen (secondary N) is 1. The van der Waals surface area contributed by atoms with Crippen molar-refractivity contribution >= 4 is 46.5 Å². The predicted octanol–water partition coefficient (Wildman–Crippen LogP) is 4.69. The van der Waals surface area contributed by atoms with Crippen molar-refractivity contribution < 1.29 is 14.6 Å². The van der Waals surface area contributed by atoms with Crippen molar-refractivity contribution in [1.82, 2.24) is 15.0 Å². The molecule has 9 heteroatoms. The first-order valence-corrected chi connectivity index (χ1v) is 11.4. The molecule has 2 N–H and O–H groups in total. The number of hydrogen-bond acceptors (Lipinski definition) is 6. The summed E-state index contributed by atoms with van der Waals surface area (Å²) in [5, 5.41) is 15.0. The molecular formula is C24H21ClN4O3S. The molecule has 4 aromatic rings. The third-order valence-corrected chi connectivity index (χ3v) is 6.19. The Morgan fingerprint density at radius 1 is 1.21 bits per heavy atom. The number of para-hydroxylation sites is 2. The highest BCUT2D eigenvalue weighted by molar-refractivity contribution is 7.99. The van der Waals surface area contributed by atoms with Gasteiger partial charge in [0.1, 0.15) is 0 Å². The monoisotopic (exact) mass is 480 g/mol. The minimum Gasteiger partial charge on any atom is -0.504 e. The molecule has 0 spiro atoms. The van der Waals surface area contributed by atoms with E-state index in [1.807, 2.05) is 48.5 Å². The van der Waals surface area contributed by atoms with Gasteiger partial charge >= 0.3 is 0 Å². The lowest BCUT2D eigenvalue weighted by molar-refractivity contribution is -0.118. The van der Waals surface area contributed by atoms with Crippen LogP contribution in [0.5, 0.6) is 11.5 Å². The molecule has 1 amide bonds. The zero-order valence-electron chi connectivity index (χ0n) is 17.7. The van der Waals surface area contributed by atoms with E-state index in [0.29, 0.717) is 22.9 Å². The molecule has 168 valence electrons. The summed E-state index contributed by atoms with van der Waals surface area (Å²) < 4.78 is 7.12. The number of aromatic nitrogens is 2. The van der Waals surface area contributed by atoms with Crippen molar-refractivity contribution in [1.29, 1.82) is 0 Å². The number of imidazole rings is 1. The van der Waals surface area contributed by atoms with Crippen molar-refractivity contribution in [2.75, 3.05) is 12.9 Å². The number of aromatic hydroxyl groups is 1. The van der Waals surface area contributed by atoms with Gasteiger partial charge in [0.25, 0.3) is 5.91 Å². The van der Waals surface area contributed by atoms with E-state index in [4.69, 9.17) is 21.3 Å². The zero-order chi connectivity index (χ0) is 23.2. The van der Waals surface area contributed by atoms with Crippen LogP contribution in [0.1, 0.15) is 11.1 Å². The van der Waals surface area contributed by atoms with Crippen LogP contribution in [0.25, 0.3) is 11.0 Å². The van der Waals surface area contributed by atoms with E-state index in [1.165, 1.54) is 31.2 Å². The number of halogens is 1. The van der Waals surface area contributed by atoms with Gasteiger partial charge in [-0.25, -0.2) is 10.4 Å². The Morgan fingerprint density at radius 3 is 2.82 bits per heavy atom. The number of ether oxygens (including phenoxy) is 1. The number of hydrogen-bond donors (Lipinski definition) is 2. The van der Waals surface area contributed by atoms with Gasteiger partial charge in [0.2, 0.25) is 0 Å². The summed E-state index contributed by atoms with van der Waals surface area (Å²) >= 11 is 7.70. The number of phenolic OH excluding ortho intramolecular Hbond substituents is 1. The van der Waals surface area contributed by atoms with Crippen molar-refractivity contribution in [2.24, 2.45) is 5.10 Å². The fourth-order valence-corrected chi connectivity index (χ4v) is 4.23. The molecule has 1 aromatic heterocycles. The molecule has 0 atom stereocenters. The van der Waals surface area contributed by atoms with Crippen LogP contribution < -0.4 is 10.2 Å². The Hall–Kier alpha value is -3.49. The van der Waals surface area contributed by atoms with Crippen molar-refractivity contribution in [2.45, 2.75) is 11.7 Å². The van der Waals surface area contributed by atoms with Crippen molar-refractivity contribution in [3.8, 4) is 11.5 Å². The first-order valence-electron chi connectivity index (χ1n) is 10.1. The smallest absolute Gasteiger partial charge is 0.250 e. The second-order valence-corrected chi connectivity index (χ2v) is 8.42. The van der Waals surface area contributed by atoms with Crippen molar-refractivity contribution in [3.63, 3.8) is 0 Å². The first-order chi connectivity index (χ1) is 16.0. The maximum absolute atomic E-state index is 12.4. The first kappa shape index (κ1) is 22.7. The fraction of sp³-hybridized carbons (Fsp3) is 0.125. The molecule has 0 aliphatic rings. The van der Waals surface area contributed by atoms with Crippen LogP contribution in [-0.2, 0) is 11.3 Å². The lowest BCUT2D eigenvalue weighted by Crippen LogP contribution is -2.20. The van der Waals surface area contributed by atoms with Crippen LogP contribution >= 0.6 is 23.4 Å². The number of methoxy groups -OCH3 is 1. The second kappa shape index (κ2) is 10.4. The summed E-state index contributed by atoms with van der Waals surface area (Å²) in [5.74, 6) is 0.244. The van der Waals surface area contributed by atoms with Crippen LogP contribution in [0.3, 0.4) is 0 Å². The standard InChI is InChI=1S/C24H21ClN4O3S/c1-32-22-12-16(10-11-21(22)30)13-26-28-23(31)15-33-24-27-19-8-4-5-9-20(19)29(24)14-17-6-2-3-7-18(17)25/h2-13,30H,14-15H2,1H3,(H,28,31). The molecule has 0 aliphatic heterocycles. The molecule has 0 saturated heterocycles. The van der Waals surface area contributed by atoms with Crippen LogP contribution in [0, 0.1) is 0 Å². The van der Waals surface area contributed by atoms with Gasteiger partial charge in [-0.05, 0) is 47.5 Å². The number of thioether (sulfide) groups is 1. The number of nitrogens with zero attached hydrogens (tertiary/aromatic N) is 3. The van der Waals surface area contributed by atoms with E-state index in [2.05, 4.69) is 15.1 Å². The number of rotatable bonds is 8. The largest absolute Gasteiger partial charge is 0.504 e. The van der Waals surface area contributed by atoms with E-state index in [-0.39, 0.29) is 17.4 Å². The molecule has 0 bridgehead atoms. The number of benzene rings is 3.